The van der Waals surface area contributed by atoms with E-state index in [0.29, 0.717) is 18.5 Å². The standard InChI is InChI=1S/C17H27N5O.HI/c1-18-17(21-15-8-3-4-9-15)20-13-16(23)22(2)12-10-14-7-5-6-11-19-14;/h5-7,11,15H,3-4,8-10,12-13H2,1-2H3,(H2,18,20,21);1H. The molecule has 1 aromatic rings. The maximum atomic E-state index is 12.2. The highest BCUT2D eigenvalue weighted by Gasteiger charge is 2.16. The van der Waals surface area contributed by atoms with Crippen molar-refractivity contribution in [3.63, 3.8) is 0 Å². The van der Waals surface area contributed by atoms with Crippen molar-refractivity contribution in [2.75, 3.05) is 27.2 Å². The predicted octanol–water partition coefficient (Wildman–Crippen LogP) is 1.81. The zero-order valence-corrected chi connectivity index (χ0v) is 16.8. The number of aromatic nitrogens is 1. The molecule has 2 N–H and O–H groups in total. The fourth-order valence-corrected chi connectivity index (χ4v) is 2.71. The number of likely N-dealkylation sites (N-methyl/N-ethyl adjacent to an activating group) is 1. The molecule has 1 amide bonds. The Labute approximate surface area is 161 Å². The minimum atomic E-state index is 0. The minimum absolute atomic E-state index is 0. The summed E-state index contributed by atoms with van der Waals surface area (Å²) in [4.78, 5) is 22.4. The summed E-state index contributed by atoms with van der Waals surface area (Å²) >= 11 is 0. The fourth-order valence-electron chi connectivity index (χ4n) is 2.71. The number of pyridine rings is 1. The quantitative estimate of drug-likeness (QED) is 0.398. The lowest BCUT2D eigenvalue weighted by atomic mass is 10.2. The van der Waals surface area contributed by atoms with E-state index in [1.54, 1.807) is 18.1 Å². The van der Waals surface area contributed by atoms with Crippen molar-refractivity contribution in [1.29, 1.82) is 0 Å². The molecule has 134 valence electrons. The van der Waals surface area contributed by atoms with Crippen molar-refractivity contribution in [2.24, 2.45) is 4.99 Å². The SMILES string of the molecule is CN=C(NCC(=O)N(C)CCc1ccccn1)NC1CCCC1.I. The number of carbonyl (C=O) groups excluding carboxylic acids is 1. The highest BCUT2D eigenvalue weighted by atomic mass is 127. The van der Waals surface area contributed by atoms with Gasteiger partial charge in [0.15, 0.2) is 5.96 Å². The van der Waals surface area contributed by atoms with E-state index < -0.39 is 0 Å². The molecule has 1 fully saturated rings. The van der Waals surface area contributed by atoms with Gasteiger partial charge in [0.1, 0.15) is 0 Å². The number of nitrogens with zero attached hydrogens (tertiary/aromatic N) is 3. The van der Waals surface area contributed by atoms with Gasteiger partial charge in [0.05, 0.1) is 6.54 Å². The average molecular weight is 445 g/mol. The number of nitrogens with one attached hydrogen (secondary N) is 2. The maximum absolute atomic E-state index is 12.2. The van der Waals surface area contributed by atoms with Crippen molar-refractivity contribution in [2.45, 2.75) is 38.1 Å². The Balaban J connectivity index is 0.00000288. The molecule has 0 unspecified atom stereocenters. The molecule has 0 bridgehead atoms. The summed E-state index contributed by atoms with van der Waals surface area (Å²) in [5, 5.41) is 6.48. The van der Waals surface area contributed by atoms with Crippen LogP contribution < -0.4 is 10.6 Å². The first-order valence-corrected chi connectivity index (χ1v) is 8.30. The summed E-state index contributed by atoms with van der Waals surface area (Å²) in [7, 11) is 3.56. The van der Waals surface area contributed by atoms with Crippen LogP contribution in [-0.4, -0.2) is 55.0 Å². The lowest BCUT2D eigenvalue weighted by Crippen LogP contribution is -2.46. The van der Waals surface area contributed by atoms with E-state index in [9.17, 15) is 4.79 Å². The van der Waals surface area contributed by atoms with Crippen molar-refractivity contribution < 1.29 is 4.79 Å². The molecule has 0 aromatic carbocycles. The molecule has 0 atom stereocenters. The van der Waals surface area contributed by atoms with Crippen LogP contribution in [0.2, 0.25) is 0 Å². The molecule has 1 aliphatic carbocycles. The van der Waals surface area contributed by atoms with Crippen LogP contribution in [0, 0.1) is 0 Å². The number of aliphatic imine (C=N–C) groups is 1. The first-order chi connectivity index (χ1) is 11.2. The number of hydrogen-bond acceptors (Lipinski definition) is 3. The second-order valence-corrected chi connectivity index (χ2v) is 5.94. The molecule has 2 rings (SSSR count). The van der Waals surface area contributed by atoms with Crippen molar-refractivity contribution in [3.8, 4) is 0 Å². The number of hydrogen-bond donors (Lipinski definition) is 2. The molecule has 0 spiro atoms. The Bertz CT molecular complexity index is 517. The van der Waals surface area contributed by atoms with Gasteiger partial charge in [-0.05, 0) is 25.0 Å². The Kier molecular flexibility index (Phi) is 9.66. The van der Waals surface area contributed by atoms with Crippen LogP contribution in [0.5, 0.6) is 0 Å². The lowest BCUT2D eigenvalue weighted by molar-refractivity contribution is -0.128. The summed E-state index contributed by atoms with van der Waals surface area (Å²) in [6.45, 7) is 0.914. The first-order valence-electron chi connectivity index (χ1n) is 8.30. The Morgan fingerprint density at radius 1 is 1.38 bits per heavy atom. The largest absolute Gasteiger partial charge is 0.354 e. The molecular formula is C17H28IN5O. The van der Waals surface area contributed by atoms with Gasteiger partial charge >= 0.3 is 0 Å². The Morgan fingerprint density at radius 2 is 2.12 bits per heavy atom. The van der Waals surface area contributed by atoms with E-state index in [-0.39, 0.29) is 36.4 Å². The molecule has 0 aliphatic heterocycles. The van der Waals surface area contributed by atoms with Crippen molar-refractivity contribution in [3.05, 3.63) is 30.1 Å². The van der Waals surface area contributed by atoms with Gasteiger partial charge in [-0.1, -0.05) is 18.9 Å². The van der Waals surface area contributed by atoms with Gasteiger partial charge in [-0.2, -0.15) is 0 Å². The first kappa shape index (κ1) is 20.7. The van der Waals surface area contributed by atoms with Crippen molar-refractivity contribution >= 4 is 35.8 Å². The molecule has 0 saturated heterocycles. The molecule has 24 heavy (non-hydrogen) atoms. The predicted molar refractivity (Wildman–Crippen MR) is 108 cm³/mol. The maximum Gasteiger partial charge on any atom is 0.241 e. The summed E-state index contributed by atoms with van der Waals surface area (Å²) in [5.41, 5.74) is 0.999. The van der Waals surface area contributed by atoms with Gasteiger partial charge in [0.2, 0.25) is 5.91 Å². The van der Waals surface area contributed by atoms with Gasteiger partial charge in [0.25, 0.3) is 0 Å². The molecule has 1 saturated carbocycles. The van der Waals surface area contributed by atoms with Crippen LogP contribution in [0.1, 0.15) is 31.4 Å². The number of carbonyl (C=O) groups is 1. The molecule has 6 nitrogen and oxygen atoms in total. The average Bonchev–Trinajstić information content (AvgIpc) is 3.10. The van der Waals surface area contributed by atoms with Crippen molar-refractivity contribution in [1.82, 2.24) is 20.5 Å². The Morgan fingerprint density at radius 3 is 2.75 bits per heavy atom. The molecule has 0 radical (unpaired) electrons. The van der Waals surface area contributed by atoms with Crippen LogP contribution in [0.3, 0.4) is 0 Å². The highest BCUT2D eigenvalue weighted by Crippen LogP contribution is 2.17. The fraction of sp³-hybridized carbons (Fsp3) is 0.588. The van der Waals surface area contributed by atoms with Gasteiger partial charge < -0.3 is 15.5 Å². The smallest absolute Gasteiger partial charge is 0.241 e. The van der Waals surface area contributed by atoms with E-state index in [2.05, 4.69) is 20.6 Å². The van der Waals surface area contributed by atoms with Gasteiger partial charge in [-0.15, -0.1) is 24.0 Å². The third-order valence-corrected chi connectivity index (χ3v) is 4.18. The number of guanidine groups is 1. The van der Waals surface area contributed by atoms with E-state index in [1.807, 2.05) is 25.2 Å². The summed E-state index contributed by atoms with van der Waals surface area (Å²) in [6, 6.07) is 6.32. The Hall–Kier alpha value is -1.38. The third-order valence-electron chi connectivity index (χ3n) is 4.18. The minimum Gasteiger partial charge on any atom is -0.354 e. The third kappa shape index (κ3) is 7.02. The van der Waals surface area contributed by atoms with Gasteiger partial charge in [0, 0.05) is 45.0 Å². The number of amides is 1. The molecule has 7 heteroatoms. The van der Waals surface area contributed by atoms with Crippen LogP contribution in [0.25, 0.3) is 0 Å². The zero-order valence-electron chi connectivity index (χ0n) is 14.5. The zero-order chi connectivity index (χ0) is 16.5. The number of halogens is 1. The van der Waals surface area contributed by atoms with Gasteiger partial charge in [-0.25, -0.2) is 0 Å². The molecule has 1 aliphatic rings. The van der Waals surface area contributed by atoms with E-state index in [1.165, 1.54) is 25.7 Å². The van der Waals surface area contributed by atoms with Crippen LogP contribution in [0.15, 0.2) is 29.4 Å². The van der Waals surface area contributed by atoms with Gasteiger partial charge in [-0.3, -0.25) is 14.8 Å². The van der Waals surface area contributed by atoms with Crippen LogP contribution >= 0.6 is 24.0 Å². The van der Waals surface area contributed by atoms with E-state index in [4.69, 9.17) is 0 Å². The normalized spacial score (nSPS) is 14.8. The van der Waals surface area contributed by atoms with E-state index >= 15 is 0 Å². The number of rotatable bonds is 6. The molecule has 1 heterocycles. The second-order valence-electron chi connectivity index (χ2n) is 5.94. The second kappa shape index (κ2) is 11.2. The summed E-state index contributed by atoms with van der Waals surface area (Å²) in [5.74, 6) is 0.763. The molecule has 1 aromatic heterocycles. The van der Waals surface area contributed by atoms with Crippen LogP contribution in [-0.2, 0) is 11.2 Å². The van der Waals surface area contributed by atoms with Crippen LogP contribution in [0.4, 0.5) is 0 Å². The van der Waals surface area contributed by atoms with E-state index in [0.717, 1.165) is 12.1 Å². The lowest BCUT2D eigenvalue weighted by Gasteiger charge is -2.20. The highest BCUT2D eigenvalue weighted by molar-refractivity contribution is 14.0. The topological polar surface area (TPSA) is 69.6 Å². The summed E-state index contributed by atoms with van der Waals surface area (Å²) in [6.07, 6.45) is 7.43. The molecular weight excluding hydrogens is 417 g/mol. The summed E-state index contributed by atoms with van der Waals surface area (Å²) < 4.78 is 0. The monoisotopic (exact) mass is 445 g/mol.